The molecule has 2 fully saturated rings. The van der Waals surface area contributed by atoms with Crippen molar-refractivity contribution in [3.8, 4) is 0 Å². The highest BCUT2D eigenvalue weighted by atomic mass is 16.6. The van der Waals surface area contributed by atoms with E-state index in [1.165, 1.54) is 13.5 Å². The van der Waals surface area contributed by atoms with Gasteiger partial charge in [-0.3, -0.25) is 9.69 Å². The zero-order valence-corrected chi connectivity index (χ0v) is 14.2. The first-order valence-electron chi connectivity index (χ1n) is 8.56. The van der Waals surface area contributed by atoms with Crippen LogP contribution < -0.4 is 0 Å². The minimum Gasteiger partial charge on any atom is -0.399 e. The second-order valence-electron chi connectivity index (χ2n) is 6.27. The molecule has 0 radical (unpaired) electrons. The third-order valence-corrected chi connectivity index (χ3v) is 4.61. The zero-order chi connectivity index (χ0) is 16.8. The summed E-state index contributed by atoms with van der Waals surface area (Å²) >= 11 is 0. The number of carbonyl (C=O) groups excluding carboxylic acids is 1. The first-order chi connectivity index (χ1) is 11.8. The molecule has 3 rings (SSSR count). The fourth-order valence-corrected chi connectivity index (χ4v) is 3.22. The fourth-order valence-electron chi connectivity index (χ4n) is 3.22. The summed E-state index contributed by atoms with van der Waals surface area (Å²) in [6, 6.07) is 7.45. The van der Waals surface area contributed by atoms with E-state index < -0.39 is 0 Å². The Morgan fingerprint density at radius 1 is 1.29 bits per heavy atom. The first kappa shape index (κ1) is 16.9. The van der Waals surface area contributed by atoms with Crippen molar-refractivity contribution in [2.45, 2.75) is 18.9 Å². The van der Waals surface area contributed by atoms with Crippen LogP contribution in [0.4, 0.5) is 0 Å². The van der Waals surface area contributed by atoms with Gasteiger partial charge in [-0.2, -0.15) is 0 Å². The number of oxime groups is 1. The molecule has 2 aliphatic rings. The molecule has 6 nitrogen and oxygen atoms in total. The van der Waals surface area contributed by atoms with Crippen LogP contribution in [0.5, 0.6) is 0 Å². The minimum absolute atomic E-state index is 0.0991. The number of ether oxygens (including phenoxy) is 1. The normalized spacial score (nSPS) is 22.2. The Morgan fingerprint density at radius 2 is 2.04 bits per heavy atom. The summed E-state index contributed by atoms with van der Waals surface area (Å²) in [4.78, 5) is 21.6. The SMILES string of the molecule is CO/N=C/c1ccc(C(=O)N2CCN(CC3CCCO3)CC2)cc1. The fraction of sp³-hybridized carbons (Fsp3) is 0.556. The molecule has 6 heteroatoms. The molecule has 2 saturated heterocycles. The number of benzene rings is 1. The average molecular weight is 331 g/mol. The Morgan fingerprint density at radius 3 is 2.67 bits per heavy atom. The third-order valence-electron chi connectivity index (χ3n) is 4.61. The van der Waals surface area contributed by atoms with Gasteiger partial charge < -0.3 is 14.5 Å². The number of hydrogen-bond donors (Lipinski definition) is 0. The van der Waals surface area contributed by atoms with E-state index >= 15 is 0 Å². The molecule has 24 heavy (non-hydrogen) atoms. The van der Waals surface area contributed by atoms with Crippen LogP contribution >= 0.6 is 0 Å². The highest BCUT2D eigenvalue weighted by Gasteiger charge is 2.25. The van der Waals surface area contributed by atoms with Gasteiger partial charge in [0.25, 0.3) is 5.91 Å². The van der Waals surface area contributed by atoms with Gasteiger partial charge in [-0.25, -0.2) is 0 Å². The lowest BCUT2D eigenvalue weighted by Crippen LogP contribution is -2.50. The van der Waals surface area contributed by atoms with Gasteiger partial charge >= 0.3 is 0 Å². The molecule has 1 aromatic carbocycles. The van der Waals surface area contributed by atoms with E-state index in [2.05, 4.69) is 14.9 Å². The van der Waals surface area contributed by atoms with E-state index in [0.29, 0.717) is 6.10 Å². The molecule has 1 amide bonds. The van der Waals surface area contributed by atoms with Crippen LogP contribution in [0.2, 0.25) is 0 Å². The number of carbonyl (C=O) groups is 1. The summed E-state index contributed by atoms with van der Waals surface area (Å²) in [6.45, 7) is 5.29. The largest absolute Gasteiger partial charge is 0.399 e. The van der Waals surface area contributed by atoms with Gasteiger partial charge in [-0.15, -0.1) is 0 Å². The van der Waals surface area contributed by atoms with E-state index in [4.69, 9.17) is 4.74 Å². The average Bonchev–Trinajstić information content (AvgIpc) is 3.13. The topological polar surface area (TPSA) is 54.4 Å². The summed E-state index contributed by atoms with van der Waals surface area (Å²) < 4.78 is 5.70. The van der Waals surface area contributed by atoms with E-state index in [1.807, 2.05) is 29.2 Å². The van der Waals surface area contributed by atoms with Gasteiger partial charge in [0, 0.05) is 44.9 Å². The molecule has 0 spiro atoms. The summed E-state index contributed by atoms with van der Waals surface area (Å²) in [5.74, 6) is 0.0991. The molecule has 0 aliphatic carbocycles. The highest BCUT2D eigenvalue weighted by Crippen LogP contribution is 2.15. The molecule has 1 aromatic rings. The van der Waals surface area contributed by atoms with Crippen molar-refractivity contribution in [1.29, 1.82) is 0 Å². The van der Waals surface area contributed by atoms with E-state index in [9.17, 15) is 4.79 Å². The Kier molecular flexibility index (Phi) is 5.82. The number of amides is 1. The Balaban J connectivity index is 1.50. The van der Waals surface area contributed by atoms with Crippen LogP contribution in [0.1, 0.15) is 28.8 Å². The standard InChI is InChI=1S/C18H25N3O3/c1-23-19-13-15-4-6-16(7-5-15)18(22)21-10-8-20(9-11-21)14-17-3-2-12-24-17/h4-7,13,17H,2-3,8-12,14H2,1H3/b19-13+. The van der Waals surface area contributed by atoms with E-state index in [-0.39, 0.29) is 5.91 Å². The molecule has 2 heterocycles. The molecule has 0 bridgehead atoms. The maximum Gasteiger partial charge on any atom is 0.253 e. The van der Waals surface area contributed by atoms with Crippen molar-refractivity contribution < 1.29 is 14.4 Å². The summed E-state index contributed by atoms with van der Waals surface area (Å²) in [6.07, 6.45) is 4.35. The van der Waals surface area contributed by atoms with Gasteiger partial charge in [-0.1, -0.05) is 17.3 Å². The quantitative estimate of drug-likeness (QED) is 0.607. The van der Waals surface area contributed by atoms with Gasteiger partial charge in [0.1, 0.15) is 7.11 Å². The van der Waals surface area contributed by atoms with Gasteiger partial charge in [0.2, 0.25) is 0 Å². The van der Waals surface area contributed by atoms with Crippen molar-refractivity contribution in [2.75, 3.05) is 46.4 Å². The monoisotopic (exact) mass is 331 g/mol. The predicted octanol–water partition coefficient (Wildman–Crippen LogP) is 1.60. The minimum atomic E-state index is 0.0991. The third kappa shape index (κ3) is 4.33. The number of nitrogens with zero attached hydrogens (tertiary/aromatic N) is 3. The van der Waals surface area contributed by atoms with Crippen LogP contribution in [-0.4, -0.2) is 74.5 Å². The van der Waals surface area contributed by atoms with Crippen LogP contribution in [0.3, 0.4) is 0 Å². The summed E-state index contributed by atoms with van der Waals surface area (Å²) in [5.41, 5.74) is 1.63. The van der Waals surface area contributed by atoms with Crippen LogP contribution in [-0.2, 0) is 9.57 Å². The number of hydrogen-bond acceptors (Lipinski definition) is 5. The lowest BCUT2D eigenvalue weighted by Gasteiger charge is -2.35. The smallest absolute Gasteiger partial charge is 0.253 e. The molecular weight excluding hydrogens is 306 g/mol. The maximum atomic E-state index is 12.6. The zero-order valence-electron chi connectivity index (χ0n) is 14.2. The molecular formula is C18H25N3O3. The molecule has 0 saturated carbocycles. The second-order valence-corrected chi connectivity index (χ2v) is 6.27. The second kappa shape index (κ2) is 8.26. The maximum absolute atomic E-state index is 12.6. The molecule has 0 N–H and O–H groups in total. The molecule has 1 unspecified atom stereocenters. The molecule has 1 atom stereocenters. The summed E-state index contributed by atoms with van der Waals surface area (Å²) in [5, 5.41) is 3.72. The van der Waals surface area contributed by atoms with Crippen molar-refractivity contribution in [2.24, 2.45) is 5.16 Å². The van der Waals surface area contributed by atoms with Gasteiger partial charge in [-0.05, 0) is 30.5 Å². The first-order valence-corrected chi connectivity index (χ1v) is 8.56. The van der Waals surface area contributed by atoms with Crippen molar-refractivity contribution in [3.05, 3.63) is 35.4 Å². The Bertz CT molecular complexity index is 559. The Hall–Kier alpha value is -1.92. The van der Waals surface area contributed by atoms with Crippen LogP contribution in [0, 0.1) is 0 Å². The van der Waals surface area contributed by atoms with Crippen molar-refractivity contribution in [3.63, 3.8) is 0 Å². The summed E-state index contributed by atoms with van der Waals surface area (Å²) in [7, 11) is 1.51. The van der Waals surface area contributed by atoms with Crippen molar-refractivity contribution >= 4 is 12.1 Å². The van der Waals surface area contributed by atoms with Crippen LogP contribution in [0.25, 0.3) is 0 Å². The van der Waals surface area contributed by atoms with Crippen LogP contribution in [0.15, 0.2) is 29.4 Å². The molecule has 0 aromatic heterocycles. The lowest BCUT2D eigenvalue weighted by molar-refractivity contribution is 0.0433. The lowest BCUT2D eigenvalue weighted by atomic mass is 10.1. The Labute approximate surface area is 143 Å². The van der Waals surface area contributed by atoms with Gasteiger partial charge in [0.05, 0.1) is 12.3 Å². The molecule has 2 aliphatic heterocycles. The predicted molar refractivity (Wildman–Crippen MR) is 92.4 cm³/mol. The van der Waals surface area contributed by atoms with Gasteiger partial charge in [0.15, 0.2) is 0 Å². The van der Waals surface area contributed by atoms with E-state index in [1.54, 1.807) is 6.21 Å². The van der Waals surface area contributed by atoms with E-state index in [0.717, 1.165) is 56.9 Å². The highest BCUT2D eigenvalue weighted by molar-refractivity contribution is 5.95. The van der Waals surface area contributed by atoms with Crippen molar-refractivity contribution in [1.82, 2.24) is 9.80 Å². The molecule has 130 valence electrons. The number of rotatable bonds is 5. The number of piperazine rings is 1.